The number of hydrogen-bond donors (Lipinski definition) is 3. The molecule has 0 saturated carbocycles. The highest BCUT2D eigenvalue weighted by Crippen LogP contribution is 2.46. The molecule has 1 aromatic heterocycles. The van der Waals surface area contributed by atoms with E-state index < -0.39 is 48.0 Å². The minimum atomic E-state index is -1.19. The number of thioether (sulfide) groups is 1. The summed E-state index contributed by atoms with van der Waals surface area (Å²) in [6.07, 6.45) is 1.10. The fourth-order valence-corrected chi connectivity index (χ4v) is 4.70. The summed E-state index contributed by atoms with van der Waals surface area (Å²) in [4.78, 5) is 5.84. The van der Waals surface area contributed by atoms with Gasteiger partial charge in [0.1, 0.15) is 29.2 Å². The Hall–Kier alpha value is -2.04. The first-order chi connectivity index (χ1) is 14.0. The summed E-state index contributed by atoms with van der Waals surface area (Å²) >= 11 is 1.26. The molecule has 9 heteroatoms. The first-order valence-electron chi connectivity index (χ1n) is 9.12. The van der Waals surface area contributed by atoms with E-state index in [1.807, 2.05) is 0 Å². The monoisotopic (exact) mass is 422 g/mol. The fourth-order valence-electron chi connectivity index (χ4n) is 3.67. The Morgan fingerprint density at radius 2 is 1.97 bits per heavy atom. The molecule has 2 aliphatic rings. The van der Waals surface area contributed by atoms with E-state index in [4.69, 9.17) is 4.74 Å². The Morgan fingerprint density at radius 3 is 2.69 bits per heavy atom. The predicted octanol–water partition coefficient (Wildman–Crippen LogP) is 2.63. The Morgan fingerprint density at radius 1 is 1.21 bits per heavy atom. The van der Waals surface area contributed by atoms with E-state index in [0.717, 1.165) is 0 Å². The van der Waals surface area contributed by atoms with Gasteiger partial charge in [-0.05, 0) is 23.6 Å². The highest BCUT2D eigenvalue weighted by molar-refractivity contribution is 8.02. The van der Waals surface area contributed by atoms with Gasteiger partial charge in [-0.1, -0.05) is 6.07 Å². The van der Waals surface area contributed by atoms with Gasteiger partial charge in [-0.15, -0.1) is 11.8 Å². The van der Waals surface area contributed by atoms with Crippen molar-refractivity contribution in [1.82, 2.24) is 4.98 Å². The number of nitrogens with zero attached hydrogens (tertiary/aromatic N) is 2. The summed E-state index contributed by atoms with van der Waals surface area (Å²) in [5.74, 6) is -1.29. The molecule has 1 saturated heterocycles. The van der Waals surface area contributed by atoms with Crippen LogP contribution < -0.4 is 4.90 Å². The zero-order valence-corrected chi connectivity index (χ0v) is 16.0. The molecule has 1 fully saturated rings. The van der Waals surface area contributed by atoms with Crippen LogP contribution in [0.1, 0.15) is 29.0 Å². The molecule has 3 heterocycles. The Kier molecular flexibility index (Phi) is 5.84. The summed E-state index contributed by atoms with van der Waals surface area (Å²) in [6.45, 7) is -0.447. The third kappa shape index (κ3) is 3.76. The van der Waals surface area contributed by atoms with Crippen molar-refractivity contribution < 1.29 is 28.8 Å². The van der Waals surface area contributed by atoms with Gasteiger partial charge >= 0.3 is 0 Å². The van der Waals surface area contributed by atoms with Crippen molar-refractivity contribution in [2.24, 2.45) is 0 Å². The SMILES string of the molecule is OC[C@H]1O[C@@H](c2ccncc2N2C=CSC2c2c(F)cccc2F)C[C@@H](O)[C@@H]1O. The van der Waals surface area contributed by atoms with Gasteiger partial charge in [0.2, 0.25) is 0 Å². The molecular weight excluding hydrogens is 402 g/mol. The van der Waals surface area contributed by atoms with Gasteiger partial charge in [0.15, 0.2) is 0 Å². The first-order valence-corrected chi connectivity index (χ1v) is 10.1. The minimum Gasteiger partial charge on any atom is -0.394 e. The number of aliphatic hydroxyl groups is 3. The maximum atomic E-state index is 14.4. The number of aromatic nitrogens is 1. The molecule has 4 rings (SSSR count). The molecule has 2 aliphatic heterocycles. The molecule has 1 aromatic carbocycles. The molecule has 1 unspecified atom stereocenters. The molecule has 0 aliphatic carbocycles. The molecule has 2 aromatic rings. The van der Waals surface area contributed by atoms with E-state index in [0.29, 0.717) is 11.3 Å². The lowest BCUT2D eigenvalue weighted by Crippen LogP contribution is -2.47. The van der Waals surface area contributed by atoms with E-state index in [2.05, 4.69) is 4.98 Å². The van der Waals surface area contributed by atoms with E-state index in [9.17, 15) is 24.1 Å². The molecule has 0 spiro atoms. The normalized spacial score (nSPS) is 29.4. The molecule has 0 amide bonds. The van der Waals surface area contributed by atoms with E-state index in [-0.39, 0.29) is 12.0 Å². The van der Waals surface area contributed by atoms with Crippen LogP contribution >= 0.6 is 11.8 Å². The number of aliphatic hydroxyl groups excluding tert-OH is 3. The Bertz CT molecular complexity index is 896. The van der Waals surface area contributed by atoms with E-state index in [1.54, 1.807) is 35.0 Å². The largest absolute Gasteiger partial charge is 0.394 e. The third-order valence-electron chi connectivity index (χ3n) is 5.14. The molecular formula is C20H20F2N2O4S. The molecule has 5 atom stereocenters. The maximum Gasteiger partial charge on any atom is 0.132 e. The van der Waals surface area contributed by atoms with Crippen LogP contribution in [-0.4, -0.2) is 45.2 Å². The lowest BCUT2D eigenvalue weighted by atomic mass is 9.93. The van der Waals surface area contributed by atoms with E-state index in [1.165, 1.54) is 30.0 Å². The summed E-state index contributed by atoms with van der Waals surface area (Å²) in [5.41, 5.74) is 1.13. The summed E-state index contributed by atoms with van der Waals surface area (Å²) in [7, 11) is 0. The second kappa shape index (κ2) is 8.37. The van der Waals surface area contributed by atoms with Crippen molar-refractivity contribution in [1.29, 1.82) is 0 Å². The van der Waals surface area contributed by atoms with Crippen molar-refractivity contribution in [2.75, 3.05) is 11.5 Å². The minimum absolute atomic E-state index is 0.0643. The predicted molar refractivity (Wildman–Crippen MR) is 104 cm³/mol. The maximum absolute atomic E-state index is 14.4. The van der Waals surface area contributed by atoms with Gasteiger partial charge in [0.25, 0.3) is 0 Å². The van der Waals surface area contributed by atoms with Gasteiger partial charge < -0.3 is 25.0 Å². The Balaban J connectivity index is 1.70. The lowest BCUT2D eigenvalue weighted by Gasteiger charge is -2.38. The van der Waals surface area contributed by atoms with Crippen LogP contribution in [0, 0.1) is 11.6 Å². The number of benzene rings is 1. The van der Waals surface area contributed by atoms with Gasteiger partial charge in [-0.2, -0.15) is 0 Å². The van der Waals surface area contributed by atoms with Crippen LogP contribution in [0.3, 0.4) is 0 Å². The molecule has 154 valence electrons. The van der Waals surface area contributed by atoms with Gasteiger partial charge in [-0.3, -0.25) is 4.98 Å². The number of pyridine rings is 1. The third-order valence-corrected chi connectivity index (χ3v) is 6.14. The topological polar surface area (TPSA) is 86.1 Å². The second-order valence-corrected chi connectivity index (χ2v) is 7.88. The average Bonchev–Trinajstić information content (AvgIpc) is 3.19. The van der Waals surface area contributed by atoms with Crippen LogP contribution in [-0.2, 0) is 4.74 Å². The molecule has 0 radical (unpaired) electrons. The van der Waals surface area contributed by atoms with Crippen LogP contribution in [0.2, 0.25) is 0 Å². The van der Waals surface area contributed by atoms with Crippen LogP contribution in [0.5, 0.6) is 0 Å². The second-order valence-electron chi connectivity index (χ2n) is 6.89. The smallest absolute Gasteiger partial charge is 0.132 e. The number of anilines is 1. The van der Waals surface area contributed by atoms with Crippen molar-refractivity contribution in [2.45, 2.75) is 36.2 Å². The number of ether oxygens (including phenoxy) is 1. The average molecular weight is 422 g/mol. The first kappa shape index (κ1) is 20.2. The summed E-state index contributed by atoms with van der Waals surface area (Å²) in [5, 5.41) is 30.7. The number of halogens is 2. The van der Waals surface area contributed by atoms with Crippen molar-refractivity contribution in [3.05, 3.63) is 71.0 Å². The molecule has 3 N–H and O–H groups in total. The summed E-state index contributed by atoms with van der Waals surface area (Å²) < 4.78 is 34.6. The van der Waals surface area contributed by atoms with Crippen molar-refractivity contribution >= 4 is 17.4 Å². The standard InChI is InChI=1S/C20H20F2N2O4S/c21-12-2-1-3-13(22)18(12)20-24(6-7-29-20)14-9-23-5-4-11(14)16-8-15(26)19(27)17(10-25)28-16/h1-7,9,15-17,19-20,25-27H,8,10H2/t15-,16-,17-,19+,20?/m1/s1. The van der Waals surface area contributed by atoms with Crippen LogP contribution in [0.4, 0.5) is 14.5 Å². The quantitative estimate of drug-likeness (QED) is 0.698. The van der Waals surface area contributed by atoms with Gasteiger partial charge in [0, 0.05) is 24.4 Å². The number of hydrogen-bond acceptors (Lipinski definition) is 7. The zero-order chi connectivity index (χ0) is 20.5. The summed E-state index contributed by atoms with van der Waals surface area (Å²) in [6, 6.07) is 5.45. The van der Waals surface area contributed by atoms with Gasteiger partial charge in [-0.25, -0.2) is 8.78 Å². The number of rotatable bonds is 4. The van der Waals surface area contributed by atoms with Crippen molar-refractivity contribution in [3.8, 4) is 0 Å². The lowest BCUT2D eigenvalue weighted by molar-refractivity contribution is -0.181. The van der Waals surface area contributed by atoms with Crippen molar-refractivity contribution in [3.63, 3.8) is 0 Å². The van der Waals surface area contributed by atoms with Crippen LogP contribution in [0.25, 0.3) is 0 Å². The van der Waals surface area contributed by atoms with Crippen LogP contribution in [0.15, 0.2) is 48.3 Å². The van der Waals surface area contributed by atoms with E-state index >= 15 is 0 Å². The fraction of sp³-hybridized carbons (Fsp3) is 0.350. The Labute approximate surface area is 170 Å². The highest BCUT2D eigenvalue weighted by atomic mass is 32.2. The van der Waals surface area contributed by atoms with Gasteiger partial charge in [0.05, 0.1) is 36.3 Å². The zero-order valence-electron chi connectivity index (χ0n) is 15.2. The highest BCUT2D eigenvalue weighted by Gasteiger charge is 2.39. The molecule has 0 bridgehead atoms. The molecule has 29 heavy (non-hydrogen) atoms. The molecule has 6 nitrogen and oxygen atoms in total.